The molecule has 7 heteroatoms. The lowest BCUT2D eigenvalue weighted by molar-refractivity contribution is 0.458. The van der Waals surface area contributed by atoms with Gasteiger partial charge in [-0.1, -0.05) is 23.7 Å². The first-order valence-corrected chi connectivity index (χ1v) is 8.94. The van der Waals surface area contributed by atoms with Crippen molar-refractivity contribution in [3.8, 4) is 0 Å². The van der Waals surface area contributed by atoms with Crippen LogP contribution in [0.1, 0.15) is 24.8 Å². The lowest BCUT2D eigenvalue weighted by Crippen LogP contribution is -2.35. The van der Waals surface area contributed by atoms with Crippen LogP contribution in [0, 0.1) is 6.92 Å². The second-order valence-electron chi connectivity index (χ2n) is 5.44. The fourth-order valence-corrected chi connectivity index (χ4v) is 3.36. The van der Waals surface area contributed by atoms with Crippen LogP contribution in [0.3, 0.4) is 0 Å². The van der Waals surface area contributed by atoms with Crippen molar-refractivity contribution in [2.24, 2.45) is 0 Å². The van der Waals surface area contributed by atoms with Gasteiger partial charge in [0.15, 0.2) is 0 Å². The molecule has 2 rings (SSSR count). The molecule has 2 N–H and O–H groups in total. The van der Waals surface area contributed by atoms with Crippen LogP contribution < -0.4 is 10.0 Å². The molecule has 1 aliphatic carbocycles. The number of nitrogens with one attached hydrogen (secondary N) is 2. The summed E-state index contributed by atoms with van der Waals surface area (Å²) in [7, 11) is -2.00. The van der Waals surface area contributed by atoms with Gasteiger partial charge in [0.05, 0.1) is 10.7 Å². The zero-order chi connectivity index (χ0) is 15.5. The van der Waals surface area contributed by atoms with E-state index in [0.717, 1.165) is 18.5 Å². The number of para-hydroxylation sites is 1. The van der Waals surface area contributed by atoms with Gasteiger partial charge in [-0.25, -0.2) is 0 Å². The first-order chi connectivity index (χ1) is 9.90. The quantitative estimate of drug-likeness (QED) is 0.719. The maximum Gasteiger partial charge on any atom is 0.301 e. The highest BCUT2D eigenvalue weighted by atomic mass is 35.5. The fraction of sp³-hybridized carbons (Fsp3) is 0.571. The molecule has 5 nitrogen and oxygen atoms in total. The van der Waals surface area contributed by atoms with Gasteiger partial charge in [0, 0.05) is 19.6 Å². The van der Waals surface area contributed by atoms with Gasteiger partial charge in [-0.15, -0.1) is 0 Å². The Morgan fingerprint density at radius 3 is 2.71 bits per heavy atom. The Morgan fingerprint density at radius 1 is 1.38 bits per heavy atom. The molecule has 1 aliphatic rings. The van der Waals surface area contributed by atoms with Gasteiger partial charge in [-0.05, 0) is 44.4 Å². The summed E-state index contributed by atoms with van der Waals surface area (Å²) in [6, 6.07) is 5.94. The highest BCUT2D eigenvalue weighted by Crippen LogP contribution is 2.26. The van der Waals surface area contributed by atoms with E-state index in [1.165, 1.54) is 17.1 Å². The summed E-state index contributed by atoms with van der Waals surface area (Å²) in [6.07, 6.45) is 3.26. The monoisotopic (exact) mass is 331 g/mol. The smallest absolute Gasteiger partial charge is 0.301 e. The molecule has 118 valence electrons. The van der Waals surface area contributed by atoms with Crippen LogP contribution in [0.2, 0.25) is 5.02 Å². The average molecular weight is 332 g/mol. The average Bonchev–Trinajstić information content (AvgIpc) is 3.23. The summed E-state index contributed by atoms with van der Waals surface area (Å²) >= 11 is 6.05. The SMILES string of the molecule is Cc1cccc(Cl)c1NS(=O)(=O)N(C)CCCNC1CC1. The summed E-state index contributed by atoms with van der Waals surface area (Å²) in [4.78, 5) is 0. The summed E-state index contributed by atoms with van der Waals surface area (Å²) in [5.41, 5.74) is 1.25. The molecular weight excluding hydrogens is 310 g/mol. The van der Waals surface area contributed by atoms with Crippen LogP contribution >= 0.6 is 11.6 Å². The molecule has 0 unspecified atom stereocenters. The maximum absolute atomic E-state index is 12.3. The van der Waals surface area contributed by atoms with Gasteiger partial charge in [0.2, 0.25) is 0 Å². The van der Waals surface area contributed by atoms with E-state index in [0.29, 0.717) is 23.3 Å². The molecule has 0 spiro atoms. The lowest BCUT2D eigenvalue weighted by atomic mass is 10.2. The van der Waals surface area contributed by atoms with E-state index in [1.54, 1.807) is 19.2 Å². The van der Waals surface area contributed by atoms with Gasteiger partial charge < -0.3 is 5.32 Å². The minimum Gasteiger partial charge on any atom is -0.314 e. The molecule has 0 bridgehead atoms. The Labute approximate surface area is 131 Å². The van der Waals surface area contributed by atoms with E-state index in [4.69, 9.17) is 11.6 Å². The molecule has 1 aromatic carbocycles. The van der Waals surface area contributed by atoms with Crippen molar-refractivity contribution in [2.75, 3.05) is 24.9 Å². The van der Waals surface area contributed by atoms with Crippen molar-refractivity contribution in [1.29, 1.82) is 0 Å². The number of hydrogen-bond acceptors (Lipinski definition) is 3. The molecule has 0 amide bonds. The first-order valence-electron chi connectivity index (χ1n) is 7.13. The maximum atomic E-state index is 12.3. The van der Waals surface area contributed by atoms with E-state index in [1.807, 2.05) is 13.0 Å². The molecule has 0 radical (unpaired) electrons. The molecular formula is C14H22ClN3O2S. The predicted octanol–water partition coefficient (Wildman–Crippen LogP) is 2.38. The van der Waals surface area contributed by atoms with Crippen LogP contribution in [0.4, 0.5) is 5.69 Å². The number of nitrogens with zero attached hydrogens (tertiary/aromatic N) is 1. The Hall–Kier alpha value is -0.820. The molecule has 1 fully saturated rings. The van der Waals surface area contributed by atoms with Crippen molar-refractivity contribution in [1.82, 2.24) is 9.62 Å². The van der Waals surface area contributed by atoms with Gasteiger partial charge in [-0.2, -0.15) is 12.7 Å². The van der Waals surface area contributed by atoms with Crippen molar-refractivity contribution >= 4 is 27.5 Å². The summed E-state index contributed by atoms with van der Waals surface area (Å²) in [5.74, 6) is 0. The van der Waals surface area contributed by atoms with E-state index in [2.05, 4.69) is 10.0 Å². The molecule has 1 saturated carbocycles. The standard InChI is InChI=1S/C14H22ClN3O2S/c1-11-5-3-6-13(15)14(11)17-21(19,20)18(2)10-4-9-16-12-7-8-12/h3,5-6,12,16-17H,4,7-10H2,1-2H3. The normalized spacial score (nSPS) is 15.4. The summed E-state index contributed by atoms with van der Waals surface area (Å²) < 4.78 is 28.4. The minimum absolute atomic E-state index is 0.405. The van der Waals surface area contributed by atoms with Gasteiger partial charge >= 0.3 is 10.2 Å². The lowest BCUT2D eigenvalue weighted by Gasteiger charge is -2.20. The summed E-state index contributed by atoms with van der Waals surface area (Å²) in [5, 5.41) is 3.77. The second-order valence-corrected chi connectivity index (χ2v) is 7.63. The van der Waals surface area contributed by atoms with Gasteiger partial charge in [0.1, 0.15) is 0 Å². The summed E-state index contributed by atoms with van der Waals surface area (Å²) in [6.45, 7) is 3.14. The highest BCUT2D eigenvalue weighted by molar-refractivity contribution is 7.90. The number of hydrogen-bond donors (Lipinski definition) is 2. The van der Waals surface area contributed by atoms with Gasteiger partial charge in [-0.3, -0.25) is 4.72 Å². The molecule has 0 aromatic heterocycles. The zero-order valence-corrected chi connectivity index (χ0v) is 14.0. The Bertz CT molecular complexity index is 568. The van der Waals surface area contributed by atoms with Crippen molar-refractivity contribution < 1.29 is 8.42 Å². The molecule has 0 heterocycles. The molecule has 0 aliphatic heterocycles. The van der Waals surface area contributed by atoms with Crippen molar-refractivity contribution in [3.63, 3.8) is 0 Å². The Morgan fingerprint density at radius 2 is 2.10 bits per heavy atom. The first kappa shape index (κ1) is 16.5. The van der Waals surface area contributed by atoms with E-state index in [-0.39, 0.29) is 0 Å². The van der Waals surface area contributed by atoms with Crippen LogP contribution in [-0.4, -0.2) is 38.9 Å². The molecule has 0 saturated heterocycles. The highest BCUT2D eigenvalue weighted by Gasteiger charge is 2.21. The number of aryl methyl sites for hydroxylation is 1. The van der Waals surface area contributed by atoms with Crippen LogP contribution in [0.25, 0.3) is 0 Å². The van der Waals surface area contributed by atoms with E-state index in [9.17, 15) is 8.42 Å². The molecule has 21 heavy (non-hydrogen) atoms. The van der Waals surface area contributed by atoms with E-state index < -0.39 is 10.2 Å². The van der Waals surface area contributed by atoms with Crippen molar-refractivity contribution in [3.05, 3.63) is 28.8 Å². The fourth-order valence-electron chi connectivity index (χ4n) is 1.98. The predicted molar refractivity (Wildman–Crippen MR) is 87.0 cm³/mol. The molecule has 1 aromatic rings. The second kappa shape index (κ2) is 6.96. The number of anilines is 1. The largest absolute Gasteiger partial charge is 0.314 e. The van der Waals surface area contributed by atoms with Crippen LogP contribution in [0.15, 0.2) is 18.2 Å². The van der Waals surface area contributed by atoms with Crippen LogP contribution in [0.5, 0.6) is 0 Å². The molecule has 0 atom stereocenters. The third-order valence-corrected chi connectivity index (χ3v) is 5.30. The van der Waals surface area contributed by atoms with Crippen molar-refractivity contribution in [2.45, 2.75) is 32.2 Å². The topological polar surface area (TPSA) is 61.4 Å². The number of halogens is 1. The van der Waals surface area contributed by atoms with Crippen LogP contribution in [-0.2, 0) is 10.2 Å². The Balaban J connectivity index is 1.90. The van der Waals surface area contributed by atoms with Gasteiger partial charge in [0.25, 0.3) is 0 Å². The minimum atomic E-state index is -3.57. The zero-order valence-electron chi connectivity index (χ0n) is 12.4. The van der Waals surface area contributed by atoms with E-state index >= 15 is 0 Å². The number of benzene rings is 1. The Kier molecular flexibility index (Phi) is 5.48. The third kappa shape index (κ3) is 4.85. The number of rotatable bonds is 8. The third-order valence-electron chi connectivity index (χ3n) is 3.52.